The van der Waals surface area contributed by atoms with Gasteiger partial charge in [-0.1, -0.05) is 90.9 Å². The molecule has 0 aliphatic carbocycles. The van der Waals surface area contributed by atoms with Crippen molar-refractivity contribution >= 4 is 0 Å². The highest BCUT2D eigenvalue weighted by Gasteiger charge is 2.10. The minimum atomic E-state index is -0.0732. The summed E-state index contributed by atoms with van der Waals surface area (Å²) in [5, 5.41) is 18.8. The summed E-state index contributed by atoms with van der Waals surface area (Å²) in [6.45, 7) is 5.60. The van der Waals surface area contributed by atoms with Crippen LogP contribution in [0, 0.1) is 0 Å². The van der Waals surface area contributed by atoms with Crippen LogP contribution in [-0.4, -0.2) is 48.8 Å². The third kappa shape index (κ3) is 17.3. The molecule has 0 fully saturated rings. The largest absolute Gasteiger partial charge is 0.394 e. The highest BCUT2D eigenvalue weighted by atomic mass is 16.5. The molecular formula is C22H46O4. The summed E-state index contributed by atoms with van der Waals surface area (Å²) < 4.78 is 11.5. The van der Waals surface area contributed by atoms with Gasteiger partial charge in [0.25, 0.3) is 0 Å². The van der Waals surface area contributed by atoms with E-state index in [1.165, 1.54) is 64.2 Å². The number of aliphatic hydroxyl groups excluding tert-OH is 2. The Morgan fingerprint density at radius 3 is 1.23 bits per heavy atom. The third-order valence-corrected chi connectivity index (χ3v) is 4.96. The van der Waals surface area contributed by atoms with Crippen LogP contribution in [-0.2, 0) is 9.47 Å². The summed E-state index contributed by atoms with van der Waals surface area (Å²) in [5.74, 6) is 0. The van der Waals surface area contributed by atoms with E-state index in [2.05, 4.69) is 13.8 Å². The van der Waals surface area contributed by atoms with E-state index < -0.39 is 0 Å². The van der Waals surface area contributed by atoms with Crippen LogP contribution in [0.25, 0.3) is 0 Å². The predicted octanol–water partition coefficient (Wildman–Crippen LogP) is 5.24. The van der Waals surface area contributed by atoms with Crippen LogP contribution >= 0.6 is 0 Å². The van der Waals surface area contributed by atoms with Gasteiger partial charge in [-0.05, 0) is 12.8 Å². The maximum Gasteiger partial charge on any atom is 0.0806 e. The van der Waals surface area contributed by atoms with Crippen molar-refractivity contribution in [3.63, 3.8) is 0 Å². The molecule has 0 saturated heterocycles. The van der Waals surface area contributed by atoms with Gasteiger partial charge in [-0.25, -0.2) is 0 Å². The molecular weight excluding hydrogens is 328 g/mol. The molecule has 2 unspecified atom stereocenters. The van der Waals surface area contributed by atoms with Gasteiger partial charge in [0.15, 0.2) is 0 Å². The Hall–Kier alpha value is -0.160. The zero-order valence-electron chi connectivity index (χ0n) is 17.6. The van der Waals surface area contributed by atoms with Crippen molar-refractivity contribution in [1.82, 2.24) is 0 Å². The third-order valence-electron chi connectivity index (χ3n) is 4.96. The molecule has 0 aliphatic heterocycles. The highest BCUT2D eigenvalue weighted by Crippen LogP contribution is 2.12. The van der Waals surface area contributed by atoms with Gasteiger partial charge in [0.1, 0.15) is 0 Å². The monoisotopic (exact) mass is 374 g/mol. The Balaban J connectivity index is 3.58. The highest BCUT2D eigenvalue weighted by molar-refractivity contribution is 4.59. The Bertz CT molecular complexity index is 235. The second kappa shape index (κ2) is 21.1. The molecule has 2 N–H and O–H groups in total. The number of hydrogen-bond donors (Lipinski definition) is 2. The lowest BCUT2D eigenvalue weighted by Crippen LogP contribution is -2.24. The SMILES string of the molecule is CCCCCCCCC(CO)OCCOC(CO)CCCCCCCC. The van der Waals surface area contributed by atoms with Gasteiger partial charge in [0.05, 0.1) is 38.6 Å². The van der Waals surface area contributed by atoms with Gasteiger partial charge in [-0.2, -0.15) is 0 Å². The second-order valence-corrected chi connectivity index (χ2v) is 7.46. The van der Waals surface area contributed by atoms with E-state index in [0.717, 1.165) is 25.7 Å². The van der Waals surface area contributed by atoms with Crippen LogP contribution in [0.4, 0.5) is 0 Å². The molecule has 0 saturated carbocycles. The quantitative estimate of drug-likeness (QED) is 0.270. The van der Waals surface area contributed by atoms with Crippen molar-refractivity contribution in [3.8, 4) is 0 Å². The number of aliphatic hydroxyl groups is 2. The van der Waals surface area contributed by atoms with Crippen molar-refractivity contribution in [2.24, 2.45) is 0 Å². The van der Waals surface area contributed by atoms with Crippen molar-refractivity contribution in [1.29, 1.82) is 0 Å². The fourth-order valence-corrected chi connectivity index (χ4v) is 3.19. The minimum Gasteiger partial charge on any atom is -0.394 e. The zero-order chi connectivity index (χ0) is 19.3. The Morgan fingerprint density at radius 1 is 0.538 bits per heavy atom. The van der Waals surface area contributed by atoms with Crippen LogP contribution in [0.2, 0.25) is 0 Å². The zero-order valence-corrected chi connectivity index (χ0v) is 17.6. The van der Waals surface area contributed by atoms with Crippen LogP contribution in [0.1, 0.15) is 104 Å². The predicted molar refractivity (Wildman–Crippen MR) is 110 cm³/mol. The van der Waals surface area contributed by atoms with Crippen LogP contribution in [0.3, 0.4) is 0 Å². The molecule has 0 radical (unpaired) electrons. The minimum absolute atomic E-state index is 0.0732. The van der Waals surface area contributed by atoms with E-state index in [-0.39, 0.29) is 25.4 Å². The first-order valence-electron chi connectivity index (χ1n) is 11.2. The Kier molecular flexibility index (Phi) is 21.0. The van der Waals surface area contributed by atoms with Gasteiger partial charge in [0.2, 0.25) is 0 Å². The summed E-state index contributed by atoms with van der Waals surface area (Å²) in [6.07, 6.45) is 16.8. The van der Waals surface area contributed by atoms with Crippen LogP contribution in [0.15, 0.2) is 0 Å². The molecule has 0 bridgehead atoms. The molecule has 0 aliphatic rings. The topological polar surface area (TPSA) is 58.9 Å². The van der Waals surface area contributed by atoms with Crippen molar-refractivity contribution in [2.45, 2.75) is 116 Å². The summed E-state index contributed by atoms with van der Waals surface area (Å²) in [6, 6.07) is 0. The summed E-state index contributed by atoms with van der Waals surface area (Å²) >= 11 is 0. The lowest BCUT2D eigenvalue weighted by Gasteiger charge is -2.18. The van der Waals surface area contributed by atoms with Crippen molar-refractivity contribution < 1.29 is 19.7 Å². The van der Waals surface area contributed by atoms with Crippen molar-refractivity contribution in [2.75, 3.05) is 26.4 Å². The fourth-order valence-electron chi connectivity index (χ4n) is 3.19. The molecule has 0 amide bonds. The van der Waals surface area contributed by atoms with Gasteiger partial charge >= 0.3 is 0 Å². The van der Waals surface area contributed by atoms with Gasteiger partial charge in [-0.3, -0.25) is 0 Å². The molecule has 0 heterocycles. The average Bonchev–Trinajstić information content (AvgIpc) is 2.67. The molecule has 0 rings (SSSR count). The van der Waals surface area contributed by atoms with Crippen LogP contribution < -0.4 is 0 Å². The molecule has 2 atom stereocenters. The van der Waals surface area contributed by atoms with Crippen LogP contribution in [0.5, 0.6) is 0 Å². The van der Waals surface area contributed by atoms with Gasteiger partial charge in [0, 0.05) is 0 Å². The number of unbranched alkanes of at least 4 members (excludes halogenated alkanes) is 10. The summed E-state index contributed by atoms with van der Waals surface area (Å²) in [5.41, 5.74) is 0. The molecule has 26 heavy (non-hydrogen) atoms. The maximum absolute atomic E-state index is 9.42. The van der Waals surface area contributed by atoms with E-state index in [9.17, 15) is 10.2 Å². The molecule has 4 heteroatoms. The van der Waals surface area contributed by atoms with E-state index in [0.29, 0.717) is 13.2 Å². The van der Waals surface area contributed by atoms with E-state index >= 15 is 0 Å². The Labute approximate surface area is 162 Å². The summed E-state index contributed by atoms with van der Waals surface area (Å²) in [4.78, 5) is 0. The first-order chi connectivity index (χ1) is 12.8. The van der Waals surface area contributed by atoms with Gasteiger partial charge in [-0.15, -0.1) is 0 Å². The van der Waals surface area contributed by atoms with E-state index in [1.807, 2.05) is 0 Å². The lowest BCUT2D eigenvalue weighted by atomic mass is 10.1. The number of rotatable bonds is 21. The number of hydrogen-bond acceptors (Lipinski definition) is 4. The smallest absolute Gasteiger partial charge is 0.0806 e. The maximum atomic E-state index is 9.42. The van der Waals surface area contributed by atoms with E-state index in [1.54, 1.807) is 0 Å². The normalized spacial score (nSPS) is 13.8. The molecule has 0 aromatic carbocycles. The first-order valence-corrected chi connectivity index (χ1v) is 11.2. The van der Waals surface area contributed by atoms with Crippen molar-refractivity contribution in [3.05, 3.63) is 0 Å². The molecule has 0 aromatic heterocycles. The molecule has 0 spiro atoms. The lowest BCUT2D eigenvalue weighted by molar-refractivity contribution is -0.0539. The first kappa shape index (κ1) is 25.8. The average molecular weight is 375 g/mol. The fraction of sp³-hybridized carbons (Fsp3) is 1.00. The molecule has 158 valence electrons. The molecule has 0 aromatic rings. The van der Waals surface area contributed by atoms with E-state index in [4.69, 9.17) is 9.47 Å². The molecule has 4 nitrogen and oxygen atoms in total. The van der Waals surface area contributed by atoms with Gasteiger partial charge < -0.3 is 19.7 Å². The number of ether oxygens (including phenoxy) is 2. The second-order valence-electron chi connectivity index (χ2n) is 7.46. The summed E-state index contributed by atoms with van der Waals surface area (Å²) in [7, 11) is 0. The Morgan fingerprint density at radius 2 is 0.885 bits per heavy atom. The standard InChI is InChI=1S/C22H46O4/c1-3-5-7-9-11-13-15-21(19-23)25-17-18-26-22(20-24)16-14-12-10-8-6-4-2/h21-24H,3-20H2,1-2H3.